The van der Waals surface area contributed by atoms with E-state index in [1.54, 1.807) is 49.4 Å². The molecule has 2 aromatic carbocycles. The molecule has 0 aliphatic carbocycles. The average Bonchev–Trinajstić information content (AvgIpc) is 3.05. The number of nitrogens with zero attached hydrogens (tertiary/aromatic N) is 4. The first-order valence-corrected chi connectivity index (χ1v) is 8.06. The van der Waals surface area contributed by atoms with Gasteiger partial charge < -0.3 is 4.74 Å². The van der Waals surface area contributed by atoms with E-state index in [1.807, 2.05) is 6.07 Å². The number of esters is 1. The fraction of sp³-hybridized carbons (Fsp3) is 0.167. The fourth-order valence-electron chi connectivity index (χ4n) is 3.03. The molecule has 8 heteroatoms. The van der Waals surface area contributed by atoms with Gasteiger partial charge in [-0.15, -0.1) is 0 Å². The number of carbonyl (C=O) groups is 3. The molecule has 1 unspecified atom stereocenters. The predicted octanol–water partition coefficient (Wildman–Crippen LogP) is 4.02. The molecule has 130 valence electrons. The zero-order valence-corrected chi connectivity index (χ0v) is 13.8. The van der Waals surface area contributed by atoms with E-state index in [9.17, 15) is 14.4 Å². The maximum atomic E-state index is 12.9. The SMILES string of the molecule is CCOC(=O)c1ccc(N2C(=O)N3C(=O)N=NC3c3ccccc32)cc1. The summed E-state index contributed by atoms with van der Waals surface area (Å²) < 4.78 is 4.96. The van der Waals surface area contributed by atoms with Crippen LogP contribution in [0.2, 0.25) is 0 Å². The van der Waals surface area contributed by atoms with Gasteiger partial charge in [-0.3, -0.25) is 4.90 Å². The van der Waals surface area contributed by atoms with Crippen LogP contribution < -0.4 is 4.90 Å². The molecule has 4 amide bonds. The van der Waals surface area contributed by atoms with E-state index in [4.69, 9.17) is 4.74 Å². The molecule has 1 atom stereocenters. The molecule has 2 aliphatic rings. The van der Waals surface area contributed by atoms with Crippen molar-refractivity contribution in [3.8, 4) is 0 Å². The number of urea groups is 2. The largest absolute Gasteiger partial charge is 0.462 e. The van der Waals surface area contributed by atoms with E-state index in [-0.39, 0.29) is 6.61 Å². The highest BCUT2D eigenvalue weighted by Crippen LogP contribution is 2.43. The van der Waals surface area contributed by atoms with Crippen molar-refractivity contribution in [2.24, 2.45) is 10.2 Å². The van der Waals surface area contributed by atoms with Gasteiger partial charge in [0.1, 0.15) is 0 Å². The number of rotatable bonds is 3. The van der Waals surface area contributed by atoms with E-state index >= 15 is 0 Å². The average molecular weight is 350 g/mol. The van der Waals surface area contributed by atoms with E-state index < -0.39 is 24.2 Å². The molecular formula is C18H14N4O4. The van der Waals surface area contributed by atoms with E-state index in [1.165, 1.54) is 4.90 Å². The van der Waals surface area contributed by atoms with Crippen LogP contribution in [0.25, 0.3) is 0 Å². The van der Waals surface area contributed by atoms with Gasteiger partial charge in [-0.25, -0.2) is 19.3 Å². The number of hydrogen-bond donors (Lipinski definition) is 0. The maximum absolute atomic E-state index is 12.9. The normalized spacial score (nSPS) is 18.0. The second-order valence-corrected chi connectivity index (χ2v) is 5.69. The van der Waals surface area contributed by atoms with Crippen molar-refractivity contribution in [3.63, 3.8) is 0 Å². The third kappa shape index (κ3) is 2.34. The van der Waals surface area contributed by atoms with Crippen LogP contribution in [0.4, 0.5) is 21.0 Å². The number of imide groups is 1. The second kappa shape index (κ2) is 6.07. The Labute approximate surface area is 148 Å². The Morgan fingerprint density at radius 2 is 1.85 bits per heavy atom. The second-order valence-electron chi connectivity index (χ2n) is 5.69. The van der Waals surface area contributed by atoms with Crippen LogP contribution in [0.5, 0.6) is 0 Å². The highest BCUT2D eigenvalue weighted by Gasteiger charge is 2.45. The molecule has 0 saturated carbocycles. The van der Waals surface area contributed by atoms with Crippen molar-refractivity contribution in [1.29, 1.82) is 0 Å². The zero-order valence-electron chi connectivity index (χ0n) is 13.8. The minimum absolute atomic E-state index is 0.282. The Hall–Kier alpha value is -3.55. The first-order valence-electron chi connectivity index (χ1n) is 8.06. The van der Waals surface area contributed by atoms with Crippen LogP contribution >= 0.6 is 0 Å². The molecule has 0 spiro atoms. The Kier molecular flexibility index (Phi) is 3.72. The number of benzene rings is 2. The molecule has 2 aliphatic heterocycles. The standard InChI is InChI=1S/C18H14N4O4/c1-2-26-16(23)11-7-9-12(10-8-11)21-14-6-4-3-5-13(14)15-19-20-17(24)22(15)18(21)25/h3-10,15H,2H2,1H3. The van der Waals surface area contributed by atoms with E-state index in [0.717, 1.165) is 4.90 Å². The first kappa shape index (κ1) is 15.9. The lowest BCUT2D eigenvalue weighted by molar-refractivity contribution is 0.0526. The molecule has 0 radical (unpaired) electrons. The molecule has 0 N–H and O–H groups in total. The molecule has 26 heavy (non-hydrogen) atoms. The summed E-state index contributed by atoms with van der Waals surface area (Å²) in [6, 6.07) is 12.4. The quantitative estimate of drug-likeness (QED) is 0.782. The van der Waals surface area contributed by atoms with Gasteiger partial charge in [0.2, 0.25) is 0 Å². The number of para-hydroxylation sites is 1. The zero-order chi connectivity index (χ0) is 18.3. The summed E-state index contributed by atoms with van der Waals surface area (Å²) in [7, 11) is 0. The topological polar surface area (TPSA) is 91.6 Å². The summed E-state index contributed by atoms with van der Waals surface area (Å²) in [5.74, 6) is -0.434. The highest BCUT2D eigenvalue weighted by molar-refractivity contribution is 6.10. The van der Waals surface area contributed by atoms with Gasteiger partial charge in [0, 0.05) is 5.56 Å². The molecule has 2 heterocycles. The Bertz CT molecular complexity index is 938. The summed E-state index contributed by atoms with van der Waals surface area (Å²) in [6.45, 7) is 2.01. The van der Waals surface area contributed by atoms with Crippen molar-refractivity contribution in [1.82, 2.24) is 4.90 Å². The van der Waals surface area contributed by atoms with Gasteiger partial charge in [0.05, 0.1) is 23.5 Å². The lowest BCUT2D eigenvalue weighted by atomic mass is 10.0. The maximum Gasteiger partial charge on any atom is 0.372 e. The molecule has 0 saturated heterocycles. The molecule has 0 fully saturated rings. The first-order chi connectivity index (χ1) is 12.6. The van der Waals surface area contributed by atoms with Crippen molar-refractivity contribution in [3.05, 3.63) is 59.7 Å². The Morgan fingerprint density at radius 1 is 1.12 bits per heavy atom. The van der Waals surface area contributed by atoms with Gasteiger partial charge in [-0.2, -0.15) is 5.11 Å². The summed E-state index contributed by atoms with van der Waals surface area (Å²) in [5.41, 5.74) is 2.23. The fourth-order valence-corrected chi connectivity index (χ4v) is 3.03. The van der Waals surface area contributed by atoms with Gasteiger partial charge in [0.15, 0.2) is 6.17 Å². The van der Waals surface area contributed by atoms with Crippen molar-refractivity contribution >= 4 is 29.4 Å². The number of fused-ring (bicyclic) bond motifs is 3. The van der Waals surface area contributed by atoms with Crippen LogP contribution in [0, 0.1) is 0 Å². The number of azo groups is 1. The van der Waals surface area contributed by atoms with Crippen LogP contribution in [-0.4, -0.2) is 29.5 Å². The lowest BCUT2D eigenvalue weighted by Crippen LogP contribution is -2.46. The summed E-state index contributed by atoms with van der Waals surface area (Å²) >= 11 is 0. The minimum Gasteiger partial charge on any atom is -0.462 e. The number of amides is 4. The van der Waals surface area contributed by atoms with Crippen LogP contribution in [0.3, 0.4) is 0 Å². The van der Waals surface area contributed by atoms with Crippen molar-refractivity contribution in [2.45, 2.75) is 13.1 Å². The van der Waals surface area contributed by atoms with Crippen molar-refractivity contribution < 1.29 is 19.1 Å². The molecule has 8 nitrogen and oxygen atoms in total. The molecule has 4 rings (SSSR count). The number of carbonyl (C=O) groups excluding carboxylic acids is 3. The lowest BCUT2D eigenvalue weighted by Gasteiger charge is -2.35. The molecule has 0 aromatic heterocycles. The molecule has 2 aromatic rings. The smallest absolute Gasteiger partial charge is 0.372 e. The van der Waals surface area contributed by atoms with Gasteiger partial charge in [-0.05, 0) is 37.3 Å². The predicted molar refractivity (Wildman–Crippen MR) is 91.2 cm³/mol. The van der Waals surface area contributed by atoms with Gasteiger partial charge in [0.25, 0.3) is 0 Å². The minimum atomic E-state index is -0.735. The van der Waals surface area contributed by atoms with E-state index in [0.29, 0.717) is 22.5 Å². The number of hydrogen-bond acceptors (Lipinski definition) is 5. The van der Waals surface area contributed by atoms with Crippen LogP contribution in [-0.2, 0) is 4.74 Å². The Morgan fingerprint density at radius 3 is 2.58 bits per heavy atom. The van der Waals surface area contributed by atoms with Gasteiger partial charge >= 0.3 is 18.0 Å². The summed E-state index contributed by atoms with van der Waals surface area (Å²) in [5, 5.41) is 7.43. The van der Waals surface area contributed by atoms with Gasteiger partial charge in [-0.1, -0.05) is 23.3 Å². The highest BCUT2D eigenvalue weighted by atomic mass is 16.5. The monoisotopic (exact) mass is 350 g/mol. The van der Waals surface area contributed by atoms with E-state index in [2.05, 4.69) is 10.2 Å². The van der Waals surface area contributed by atoms with Crippen LogP contribution in [0.1, 0.15) is 29.0 Å². The third-order valence-electron chi connectivity index (χ3n) is 4.19. The summed E-state index contributed by atoms with van der Waals surface area (Å²) in [4.78, 5) is 39.1. The van der Waals surface area contributed by atoms with Crippen molar-refractivity contribution in [2.75, 3.05) is 11.5 Å². The number of ether oxygens (including phenoxy) is 1. The number of anilines is 2. The molecule has 0 bridgehead atoms. The molecular weight excluding hydrogens is 336 g/mol. The van der Waals surface area contributed by atoms with Crippen LogP contribution in [0.15, 0.2) is 58.8 Å². The Balaban J connectivity index is 1.76. The summed E-state index contributed by atoms with van der Waals surface area (Å²) in [6.07, 6.45) is -0.735. The third-order valence-corrected chi connectivity index (χ3v) is 4.19.